The fourth-order valence-corrected chi connectivity index (χ4v) is 4.19. The average Bonchev–Trinajstić information content (AvgIpc) is 3.10. The minimum atomic E-state index is -0.235. The molecule has 1 aromatic heterocycles. The number of aromatic nitrogens is 1. The summed E-state index contributed by atoms with van der Waals surface area (Å²) in [4.78, 5) is 16.4. The molecule has 0 bridgehead atoms. The molecule has 3 rings (SSSR count). The van der Waals surface area contributed by atoms with Crippen LogP contribution in [0.25, 0.3) is 0 Å². The molecule has 2 atom stereocenters. The summed E-state index contributed by atoms with van der Waals surface area (Å²) in [5, 5.41) is 14.1. The number of nitrogens with zero attached hydrogens (tertiary/aromatic N) is 3. The molecular weight excluding hydrogens is 310 g/mol. The fraction of sp³-hybridized carbons (Fsp3) is 0.765. The Balaban J connectivity index is 1.71. The van der Waals surface area contributed by atoms with Crippen LogP contribution in [-0.2, 0) is 16.1 Å². The number of methoxy groups -OCH3 is 1. The first-order valence-corrected chi connectivity index (χ1v) is 8.51. The summed E-state index contributed by atoms with van der Waals surface area (Å²) >= 11 is 0. The molecule has 2 aliphatic heterocycles. The number of piperidine rings is 1. The highest BCUT2D eigenvalue weighted by atomic mass is 16.5. The Labute approximate surface area is 142 Å². The Bertz CT molecular complexity index is 583. The van der Waals surface area contributed by atoms with Crippen molar-refractivity contribution in [3.05, 3.63) is 17.0 Å². The Hall–Kier alpha value is -1.44. The van der Waals surface area contributed by atoms with Gasteiger partial charge in [-0.15, -0.1) is 0 Å². The lowest BCUT2D eigenvalue weighted by molar-refractivity contribution is -0.134. The maximum absolute atomic E-state index is 12.2. The van der Waals surface area contributed by atoms with Crippen LogP contribution in [0, 0.1) is 25.2 Å². The first-order valence-electron chi connectivity index (χ1n) is 8.51. The molecule has 3 heterocycles. The minimum absolute atomic E-state index is 0.0111. The molecule has 0 saturated carbocycles. The molecule has 1 aromatic rings. The van der Waals surface area contributed by atoms with E-state index in [0.717, 1.165) is 49.6 Å². The van der Waals surface area contributed by atoms with Gasteiger partial charge in [0.1, 0.15) is 12.4 Å². The van der Waals surface area contributed by atoms with Crippen molar-refractivity contribution in [2.75, 3.05) is 46.5 Å². The number of aliphatic hydroxyl groups excluding tert-OH is 1. The van der Waals surface area contributed by atoms with Crippen LogP contribution in [0.4, 0.5) is 0 Å². The summed E-state index contributed by atoms with van der Waals surface area (Å²) in [6, 6.07) is 0. The molecule has 0 radical (unpaired) electrons. The second-order valence-corrected chi connectivity index (χ2v) is 7.23. The molecule has 2 aliphatic rings. The molecule has 7 nitrogen and oxygen atoms in total. The van der Waals surface area contributed by atoms with Gasteiger partial charge >= 0.3 is 0 Å². The minimum Gasteiger partial charge on any atom is -0.396 e. The predicted molar refractivity (Wildman–Crippen MR) is 87.3 cm³/mol. The first-order chi connectivity index (χ1) is 11.5. The number of aliphatic hydroxyl groups is 1. The normalized spacial score (nSPS) is 27.5. The van der Waals surface area contributed by atoms with E-state index in [2.05, 4.69) is 10.1 Å². The summed E-state index contributed by atoms with van der Waals surface area (Å²) in [6.07, 6.45) is 0.987. The predicted octanol–water partition coefficient (Wildman–Crippen LogP) is 0.581. The summed E-state index contributed by atoms with van der Waals surface area (Å²) in [7, 11) is 1.54. The lowest BCUT2D eigenvalue weighted by atomic mass is 9.74. The van der Waals surface area contributed by atoms with E-state index < -0.39 is 0 Å². The SMILES string of the molecule is COCC(=O)N1C[C@@H]2CCN(Cc3c(C)noc3C)C[C@]2(CO)C1. The van der Waals surface area contributed by atoms with Gasteiger partial charge in [0.15, 0.2) is 0 Å². The van der Waals surface area contributed by atoms with Crippen molar-refractivity contribution in [3.63, 3.8) is 0 Å². The average molecular weight is 337 g/mol. The van der Waals surface area contributed by atoms with Crippen LogP contribution in [0.5, 0.6) is 0 Å². The van der Waals surface area contributed by atoms with Crippen LogP contribution in [0.15, 0.2) is 4.52 Å². The molecule has 134 valence electrons. The quantitative estimate of drug-likeness (QED) is 0.847. The van der Waals surface area contributed by atoms with E-state index in [0.29, 0.717) is 12.5 Å². The second kappa shape index (κ2) is 6.82. The third-order valence-electron chi connectivity index (χ3n) is 5.64. The van der Waals surface area contributed by atoms with E-state index in [-0.39, 0.29) is 24.5 Å². The summed E-state index contributed by atoms with van der Waals surface area (Å²) in [5.41, 5.74) is 1.82. The number of hydrogen-bond acceptors (Lipinski definition) is 6. The first kappa shape index (κ1) is 17.4. The largest absolute Gasteiger partial charge is 0.396 e. The van der Waals surface area contributed by atoms with E-state index in [1.165, 1.54) is 7.11 Å². The second-order valence-electron chi connectivity index (χ2n) is 7.23. The number of carbonyl (C=O) groups excluding carboxylic acids is 1. The third-order valence-corrected chi connectivity index (χ3v) is 5.64. The van der Waals surface area contributed by atoms with Crippen molar-refractivity contribution >= 4 is 5.91 Å². The van der Waals surface area contributed by atoms with Gasteiger partial charge in [-0.1, -0.05) is 5.16 Å². The van der Waals surface area contributed by atoms with Gasteiger partial charge in [-0.05, 0) is 32.7 Å². The maximum atomic E-state index is 12.2. The molecule has 1 N–H and O–H groups in total. The topological polar surface area (TPSA) is 79.0 Å². The highest BCUT2D eigenvalue weighted by Crippen LogP contribution is 2.42. The highest BCUT2D eigenvalue weighted by molar-refractivity contribution is 5.77. The van der Waals surface area contributed by atoms with Gasteiger partial charge in [0.25, 0.3) is 0 Å². The van der Waals surface area contributed by atoms with E-state index in [4.69, 9.17) is 9.26 Å². The van der Waals surface area contributed by atoms with Crippen molar-refractivity contribution in [1.82, 2.24) is 15.0 Å². The van der Waals surface area contributed by atoms with Gasteiger partial charge in [0, 0.05) is 44.3 Å². The zero-order valence-corrected chi connectivity index (χ0v) is 14.7. The molecule has 0 aromatic carbocycles. The molecule has 2 fully saturated rings. The third kappa shape index (κ3) is 3.08. The summed E-state index contributed by atoms with van der Waals surface area (Å²) < 4.78 is 10.2. The number of carbonyl (C=O) groups is 1. The van der Waals surface area contributed by atoms with Gasteiger partial charge in [-0.25, -0.2) is 0 Å². The number of aryl methyl sites for hydroxylation is 2. The van der Waals surface area contributed by atoms with E-state index in [9.17, 15) is 9.90 Å². The van der Waals surface area contributed by atoms with Crippen LogP contribution in [0.2, 0.25) is 0 Å². The number of amides is 1. The standard InChI is InChI=1S/C17H27N3O4/c1-12-15(13(2)24-18-12)7-19-5-4-14-6-20(16(22)8-23-3)10-17(14,9-19)11-21/h14,21H,4-11H2,1-3H3/t14-,17+/m0/s1. The Morgan fingerprint density at radius 1 is 1.46 bits per heavy atom. The zero-order chi connectivity index (χ0) is 17.3. The Morgan fingerprint density at radius 3 is 2.88 bits per heavy atom. The molecule has 0 spiro atoms. The lowest BCUT2D eigenvalue weighted by Gasteiger charge is -2.43. The Kier molecular flexibility index (Phi) is 4.94. The van der Waals surface area contributed by atoms with Gasteiger partial charge in [-0.2, -0.15) is 0 Å². The molecule has 7 heteroatoms. The number of likely N-dealkylation sites (tertiary alicyclic amines) is 2. The molecule has 0 aliphatic carbocycles. The van der Waals surface area contributed by atoms with Gasteiger partial charge in [0.2, 0.25) is 5.91 Å². The zero-order valence-electron chi connectivity index (χ0n) is 14.7. The number of fused-ring (bicyclic) bond motifs is 1. The highest BCUT2D eigenvalue weighted by Gasteiger charge is 2.50. The Morgan fingerprint density at radius 2 is 2.25 bits per heavy atom. The van der Waals surface area contributed by atoms with Crippen LogP contribution < -0.4 is 0 Å². The van der Waals surface area contributed by atoms with Crippen LogP contribution in [0.1, 0.15) is 23.4 Å². The number of ether oxygens (including phenoxy) is 1. The smallest absolute Gasteiger partial charge is 0.248 e. The van der Waals surface area contributed by atoms with E-state index in [1.54, 1.807) is 0 Å². The molecular formula is C17H27N3O4. The van der Waals surface area contributed by atoms with Gasteiger partial charge in [-0.3, -0.25) is 9.69 Å². The van der Waals surface area contributed by atoms with Crippen molar-refractivity contribution in [1.29, 1.82) is 0 Å². The molecule has 2 saturated heterocycles. The van der Waals surface area contributed by atoms with Gasteiger partial charge < -0.3 is 19.3 Å². The fourth-order valence-electron chi connectivity index (χ4n) is 4.19. The van der Waals surface area contributed by atoms with Crippen molar-refractivity contribution < 1.29 is 19.2 Å². The van der Waals surface area contributed by atoms with Crippen LogP contribution in [-0.4, -0.2) is 72.5 Å². The van der Waals surface area contributed by atoms with E-state index in [1.807, 2.05) is 18.7 Å². The van der Waals surface area contributed by atoms with Crippen LogP contribution in [0.3, 0.4) is 0 Å². The number of hydrogen-bond donors (Lipinski definition) is 1. The number of rotatable bonds is 5. The van der Waals surface area contributed by atoms with Crippen molar-refractivity contribution in [2.24, 2.45) is 11.3 Å². The van der Waals surface area contributed by atoms with Gasteiger partial charge in [0.05, 0.1) is 12.3 Å². The summed E-state index contributed by atoms with van der Waals surface area (Å²) in [5.74, 6) is 1.22. The molecule has 1 amide bonds. The maximum Gasteiger partial charge on any atom is 0.248 e. The monoisotopic (exact) mass is 337 g/mol. The molecule has 0 unspecified atom stereocenters. The van der Waals surface area contributed by atoms with E-state index >= 15 is 0 Å². The van der Waals surface area contributed by atoms with Crippen LogP contribution >= 0.6 is 0 Å². The van der Waals surface area contributed by atoms with Crippen molar-refractivity contribution in [2.45, 2.75) is 26.8 Å². The van der Waals surface area contributed by atoms with Crippen molar-refractivity contribution in [3.8, 4) is 0 Å². The summed E-state index contributed by atoms with van der Waals surface area (Å²) in [6.45, 7) is 7.96. The molecule has 24 heavy (non-hydrogen) atoms. The lowest BCUT2D eigenvalue weighted by Crippen LogP contribution is -2.50.